The second-order valence-electron chi connectivity index (χ2n) is 6.41. The molecule has 2 unspecified atom stereocenters. The van der Waals surface area contributed by atoms with E-state index in [1.807, 2.05) is 49.1 Å². The summed E-state index contributed by atoms with van der Waals surface area (Å²) in [6.45, 7) is 7.40. The number of benzene rings is 1. The van der Waals surface area contributed by atoms with Crippen molar-refractivity contribution in [2.75, 3.05) is 26.2 Å². The molecule has 7 heteroatoms. The number of hydrogen-bond donors (Lipinski definition) is 2. The van der Waals surface area contributed by atoms with E-state index in [1.54, 1.807) is 6.92 Å². The largest absolute Gasteiger partial charge is 0.463 e. The second-order valence-corrected chi connectivity index (χ2v) is 6.41. The van der Waals surface area contributed by atoms with E-state index < -0.39 is 12.0 Å². The fraction of sp³-hybridized carbons (Fsp3) is 0.450. The Morgan fingerprint density at radius 2 is 2.04 bits per heavy atom. The van der Waals surface area contributed by atoms with Gasteiger partial charge in [0.05, 0.1) is 30.2 Å². The van der Waals surface area contributed by atoms with Crippen LogP contribution in [0.5, 0.6) is 0 Å². The molecule has 0 radical (unpaired) electrons. The third-order valence-electron chi connectivity index (χ3n) is 4.36. The number of amides is 2. The normalized spacial score (nSPS) is 17.7. The van der Waals surface area contributed by atoms with Crippen LogP contribution in [0.3, 0.4) is 0 Å². The van der Waals surface area contributed by atoms with E-state index in [1.165, 1.54) is 0 Å². The maximum absolute atomic E-state index is 12.7. The number of ether oxygens (including phenoxy) is 1. The molecule has 2 N–H and O–H groups in total. The van der Waals surface area contributed by atoms with Crippen LogP contribution in [0, 0.1) is 17.2 Å². The van der Waals surface area contributed by atoms with Gasteiger partial charge in [-0.2, -0.15) is 5.26 Å². The third kappa shape index (κ3) is 5.31. The lowest BCUT2D eigenvalue weighted by Gasteiger charge is -2.32. The molecule has 0 aliphatic carbocycles. The van der Waals surface area contributed by atoms with E-state index in [4.69, 9.17) is 10.00 Å². The Labute approximate surface area is 160 Å². The highest BCUT2D eigenvalue weighted by molar-refractivity contribution is 5.95. The molecule has 2 atom stereocenters. The van der Waals surface area contributed by atoms with Crippen LogP contribution >= 0.6 is 0 Å². The molecular weight excluding hydrogens is 344 g/mol. The summed E-state index contributed by atoms with van der Waals surface area (Å²) in [6.07, 6.45) is 0. The van der Waals surface area contributed by atoms with E-state index in [-0.39, 0.29) is 18.6 Å². The number of nitrogens with zero attached hydrogens (tertiary/aromatic N) is 2. The van der Waals surface area contributed by atoms with Gasteiger partial charge in [-0.25, -0.2) is 9.59 Å². The Balaban J connectivity index is 2.43. The van der Waals surface area contributed by atoms with Gasteiger partial charge in [0.15, 0.2) is 0 Å². The van der Waals surface area contributed by atoms with Gasteiger partial charge in [-0.1, -0.05) is 37.3 Å². The van der Waals surface area contributed by atoms with Crippen LogP contribution < -0.4 is 10.6 Å². The van der Waals surface area contributed by atoms with Crippen molar-refractivity contribution in [1.82, 2.24) is 15.5 Å². The Hall–Kier alpha value is -2.85. The molecule has 7 nitrogen and oxygen atoms in total. The van der Waals surface area contributed by atoms with Crippen LogP contribution in [0.4, 0.5) is 4.79 Å². The highest BCUT2D eigenvalue weighted by Crippen LogP contribution is 2.28. The fourth-order valence-corrected chi connectivity index (χ4v) is 3.05. The van der Waals surface area contributed by atoms with Crippen molar-refractivity contribution in [3.63, 3.8) is 0 Å². The average molecular weight is 370 g/mol. The summed E-state index contributed by atoms with van der Waals surface area (Å²) >= 11 is 0. The first-order valence-electron chi connectivity index (χ1n) is 9.14. The van der Waals surface area contributed by atoms with Gasteiger partial charge >= 0.3 is 12.0 Å². The van der Waals surface area contributed by atoms with E-state index in [9.17, 15) is 9.59 Å². The number of esters is 1. The van der Waals surface area contributed by atoms with Crippen LogP contribution in [0.1, 0.15) is 32.4 Å². The van der Waals surface area contributed by atoms with Crippen LogP contribution in [-0.4, -0.2) is 43.1 Å². The zero-order chi connectivity index (χ0) is 19.8. The number of hydrogen-bond acceptors (Lipinski definition) is 5. The van der Waals surface area contributed by atoms with Crippen molar-refractivity contribution in [2.45, 2.75) is 26.8 Å². The molecule has 1 aromatic carbocycles. The van der Waals surface area contributed by atoms with Gasteiger partial charge in [0, 0.05) is 18.8 Å². The monoisotopic (exact) mass is 370 g/mol. The Kier molecular flexibility index (Phi) is 7.38. The highest BCUT2D eigenvalue weighted by Gasteiger charge is 2.34. The van der Waals surface area contributed by atoms with Gasteiger partial charge in [-0.3, -0.25) is 4.90 Å². The average Bonchev–Trinajstić information content (AvgIpc) is 2.67. The molecule has 0 saturated heterocycles. The molecule has 1 aromatic rings. The summed E-state index contributed by atoms with van der Waals surface area (Å²) in [6, 6.07) is 10.6. The minimum Gasteiger partial charge on any atom is -0.463 e. The predicted molar refractivity (Wildman–Crippen MR) is 101 cm³/mol. The summed E-state index contributed by atoms with van der Waals surface area (Å²) in [7, 11) is 0. The smallest absolute Gasteiger partial charge is 0.338 e. The van der Waals surface area contributed by atoms with Crippen LogP contribution in [-0.2, 0) is 9.53 Å². The molecule has 144 valence electrons. The maximum atomic E-state index is 12.7. The molecule has 1 aliphatic heterocycles. The second kappa shape index (κ2) is 9.74. The quantitative estimate of drug-likeness (QED) is 0.685. The lowest BCUT2D eigenvalue weighted by molar-refractivity contribution is -0.139. The van der Waals surface area contributed by atoms with Gasteiger partial charge in [-0.15, -0.1) is 0 Å². The molecule has 0 bridgehead atoms. The molecular formula is C20H26N4O3. The van der Waals surface area contributed by atoms with Crippen LogP contribution in [0.25, 0.3) is 0 Å². The van der Waals surface area contributed by atoms with Crippen molar-refractivity contribution in [2.24, 2.45) is 5.92 Å². The fourth-order valence-electron chi connectivity index (χ4n) is 3.05. The number of rotatable bonds is 8. The van der Waals surface area contributed by atoms with Gasteiger partial charge < -0.3 is 15.4 Å². The Bertz CT molecular complexity index is 739. The molecule has 0 fully saturated rings. The molecule has 0 saturated carbocycles. The van der Waals surface area contributed by atoms with Crippen molar-refractivity contribution in [3.05, 3.63) is 47.2 Å². The van der Waals surface area contributed by atoms with Crippen molar-refractivity contribution in [3.8, 4) is 6.07 Å². The summed E-state index contributed by atoms with van der Waals surface area (Å²) < 4.78 is 5.26. The standard InChI is InChI=1S/C20H26N4O3/c1-4-24(12-14(3)11-21)13-16-17(19(25)27-5-2)18(23-20(26)22-16)15-9-7-6-8-10-15/h6-10,14,18H,4-5,12-13H2,1-3H3,(H2,22,23,26). The van der Waals surface area contributed by atoms with Gasteiger partial charge in [0.2, 0.25) is 0 Å². The Morgan fingerprint density at radius 1 is 1.33 bits per heavy atom. The summed E-state index contributed by atoms with van der Waals surface area (Å²) in [5, 5.41) is 14.7. The topological polar surface area (TPSA) is 94.5 Å². The first-order chi connectivity index (χ1) is 13.0. The number of carbonyl (C=O) groups is 2. The van der Waals surface area contributed by atoms with E-state index in [2.05, 4.69) is 16.7 Å². The minimum absolute atomic E-state index is 0.154. The zero-order valence-electron chi connectivity index (χ0n) is 16.0. The van der Waals surface area contributed by atoms with E-state index >= 15 is 0 Å². The third-order valence-corrected chi connectivity index (χ3v) is 4.36. The number of likely N-dealkylation sites (N-methyl/N-ethyl adjacent to an activating group) is 1. The summed E-state index contributed by atoms with van der Waals surface area (Å²) in [5.41, 5.74) is 1.71. The van der Waals surface area contributed by atoms with Gasteiger partial charge in [-0.05, 0) is 26.0 Å². The van der Waals surface area contributed by atoms with Gasteiger partial charge in [0.25, 0.3) is 0 Å². The zero-order valence-corrected chi connectivity index (χ0v) is 16.0. The summed E-state index contributed by atoms with van der Waals surface area (Å²) in [4.78, 5) is 27.0. The SMILES string of the molecule is CCOC(=O)C1=C(CN(CC)CC(C)C#N)NC(=O)NC1c1ccccc1. The molecule has 0 aromatic heterocycles. The first kappa shape index (κ1) is 20.5. The van der Waals surface area contributed by atoms with E-state index in [0.29, 0.717) is 30.9 Å². The Morgan fingerprint density at radius 3 is 2.63 bits per heavy atom. The van der Waals surface area contributed by atoms with Gasteiger partial charge in [0.1, 0.15) is 0 Å². The highest BCUT2D eigenvalue weighted by atomic mass is 16.5. The molecule has 1 aliphatic rings. The number of nitriles is 1. The lowest BCUT2D eigenvalue weighted by Crippen LogP contribution is -2.48. The van der Waals surface area contributed by atoms with Crippen LogP contribution in [0.15, 0.2) is 41.6 Å². The van der Waals surface area contributed by atoms with Crippen molar-refractivity contribution < 1.29 is 14.3 Å². The first-order valence-corrected chi connectivity index (χ1v) is 9.14. The molecule has 1 heterocycles. The molecule has 0 spiro atoms. The summed E-state index contributed by atoms with van der Waals surface area (Å²) in [5.74, 6) is -0.614. The van der Waals surface area contributed by atoms with E-state index in [0.717, 1.165) is 5.56 Å². The number of carbonyl (C=O) groups excluding carboxylic acids is 2. The minimum atomic E-state index is -0.582. The maximum Gasteiger partial charge on any atom is 0.338 e. The number of nitrogens with one attached hydrogen (secondary N) is 2. The molecule has 2 rings (SSSR count). The van der Waals surface area contributed by atoms with Crippen molar-refractivity contribution >= 4 is 12.0 Å². The molecule has 2 amide bonds. The number of urea groups is 1. The molecule has 27 heavy (non-hydrogen) atoms. The predicted octanol–water partition coefficient (Wildman–Crippen LogP) is 2.34. The lowest BCUT2D eigenvalue weighted by atomic mass is 9.95. The van der Waals surface area contributed by atoms with Crippen molar-refractivity contribution in [1.29, 1.82) is 5.26 Å². The van der Waals surface area contributed by atoms with Crippen LogP contribution in [0.2, 0.25) is 0 Å².